The maximum atomic E-state index is 9.16. The highest BCUT2D eigenvalue weighted by atomic mass is 15.1. The van der Waals surface area contributed by atoms with Crippen LogP contribution < -0.4 is 4.90 Å². The summed E-state index contributed by atoms with van der Waals surface area (Å²) in [6, 6.07) is 12.3. The van der Waals surface area contributed by atoms with Gasteiger partial charge in [0.25, 0.3) is 0 Å². The predicted octanol–water partition coefficient (Wildman–Crippen LogP) is 2.93. The van der Waals surface area contributed by atoms with Crippen LogP contribution in [-0.2, 0) is 0 Å². The highest BCUT2D eigenvalue weighted by molar-refractivity contribution is 5.59. The Morgan fingerprint density at radius 3 is 2.61 bits per heavy atom. The molecule has 0 amide bonds. The zero-order valence-electron chi connectivity index (χ0n) is 10.8. The highest BCUT2D eigenvalue weighted by Gasteiger charge is 2.36. The number of rotatable bonds is 1. The molecule has 0 spiro atoms. The van der Waals surface area contributed by atoms with Crippen molar-refractivity contribution in [1.82, 2.24) is 0 Å². The van der Waals surface area contributed by atoms with Crippen LogP contribution in [0.25, 0.3) is 0 Å². The second-order valence-corrected chi connectivity index (χ2v) is 5.51. The van der Waals surface area contributed by atoms with Crippen molar-refractivity contribution >= 4 is 5.69 Å². The lowest BCUT2D eigenvalue weighted by molar-refractivity contribution is 0.226. The summed E-state index contributed by atoms with van der Waals surface area (Å²) in [5.74, 6) is 0.1000. The fraction of sp³-hybridized carbons (Fsp3) is 0.467. The Balaban J connectivity index is 2.28. The van der Waals surface area contributed by atoms with Gasteiger partial charge >= 0.3 is 0 Å². The zero-order valence-corrected chi connectivity index (χ0v) is 10.8. The van der Waals surface area contributed by atoms with Gasteiger partial charge in [0.1, 0.15) is 6.07 Å². The molecule has 1 saturated heterocycles. The fourth-order valence-electron chi connectivity index (χ4n) is 2.65. The van der Waals surface area contributed by atoms with E-state index in [0.717, 1.165) is 25.2 Å². The van der Waals surface area contributed by atoms with Crippen LogP contribution in [0.1, 0.15) is 25.8 Å². The molecule has 1 aromatic carbocycles. The van der Waals surface area contributed by atoms with E-state index in [-0.39, 0.29) is 11.3 Å². The molecule has 1 aliphatic heterocycles. The predicted molar refractivity (Wildman–Crippen MR) is 70.9 cm³/mol. The molecule has 1 aromatic rings. The third kappa shape index (κ3) is 2.17. The van der Waals surface area contributed by atoms with E-state index in [1.165, 1.54) is 0 Å². The molecule has 92 valence electrons. The van der Waals surface area contributed by atoms with E-state index in [2.05, 4.69) is 30.9 Å². The summed E-state index contributed by atoms with van der Waals surface area (Å²) in [5, 5.41) is 18.3. The summed E-state index contributed by atoms with van der Waals surface area (Å²) in [6.07, 6.45) is 0.864. The largest absolute Gasteiger partial charge is 0.370 e. The maximum absolute atomic E-state index is 9.16. The smallest absolute Gasteiger partial charge is 0.101 e. The summed E-state index contributed by atoms with van der Waals surface area (Å²) < 4.78 is 0. The first-order valence-corrected chi connectivity index (χ1v) is 6.22. The van der Waals surface area contributed by atoms with Gasteiger partial charge in [0.2, 0.25) is 0 Å². The van der Waals surface area contributed by atoms with Gasteiger partial charge in [-0.1, -0.05) is 26.0 Å². The van der Waals surface area contributed by atoms with E-state index in [0.29, 0.717) is 5.56 Å². The number of nitrogens with zero attached hydrogens (tertiary/aromatic N) is 3. The van der Waals surface area contributed by atoms with Crippen LogP contribution in [0.15, 0.2) is 24.3 Å². The van der Waals surface area contributed by atoms with Gasteiger partial charge in [-0.2, -0.15) is 10.5 Å². The average molecular weight is 239 g/mol. The van der Waals surface area contributed by atoms with E-state index in [4.69, 9.17) is 10.5 Å². The number of nitriles is 2. The molecule has 2 rings (SSSR count). The van der Waals surface area contributed by atoms with Crippen LogP contribution in [0, 0.1) is 34.0 Å². The molecule has 0 bridgehead atoms. The Morgan fingerprint density at radius 1 is 1.28 bits per heavy atom. The van der Waals surface area contributed by atoms with Gasteiger partial charge in [-0.3, -0.25) is 0 Å². The zero-order chi connectivity index (χ0) is 13.2. The molecule has 1 fully saturated rings. The lowest BCUT2D eigenvalue weighted by atomic mass is 9.74. The Morgan fingerprint density at radius 2 is 2.00 bits per heavy atom. The summed E-state index contributed by atoms with van der Waals surface area (Å²) in [4.78, 5) is 2.23. The van der Waals surface area contributed by atoms with Gasteiger partial charge in [0.15, 0.2) is 0 Å². The van der Waals surface area contributed by atoms with Crippen LogP contribution in [0.4, 0.5) is 5.69 Å². The number of benzene rings is 1. The maximum Gasteiger partial charge on any atom is 0.101 e. The van der Waals surface area contributed by atoms with Gasteiger partial charge in [0.05, 0.1) is 23.2 Å². The molecule has 0 radical (unpaired) electrons. The van der Waals surface area contributed by atoms with Gasteiger partial charge < -0.3 is 4.90 Å². The topological polar surface area (TPSA) is 50.8 Å². The summed E-state index contributed by atoms with van der Waals surface area (Å²) in [6.45, 7) is 5.92. The SMILES string of the molecule is CC1(C)CN(c2ccccc2C#N)CCC1C#N. The monoisotopic (exact) mass is 239 g/mol. The molecule has 0 aromatic heterocycles. The lowest BCUT2D eigenvalue weighted by Gasteiger charge is -2.42. The molecule has 0 saturated carbocycles. The molecule has 3 nitrogen and oxygen atoms in total. The molecular formula is C15H17N3. The lowest BCUT2D eigenvalue weighted by Crippen LogP contribution is -2.45. The standard InChI is InChI=1S/C15H17N3/c1-15(2)11-18(8-7-13(15)10-17)14-6-4-3-5-12(14)9-16/h3-6,13H,7-8,11H2,1-2H3. The van der Waals surface area contributed by atoms with Crippen molar-refractivity contribution in [2.24, 2.45) is 11.3 Å². The van der Waals surface area contributed by atoms with Crippen LogP contribution >= 0.6 is 0 Å². The molecule has 1 atom stereocenters. The first-order valence-electron chi connectivity index (χ1n) is 6.22. The Kier molecular flexibility index (Phi) is 3.26. The van der Waals surface area contributed by atoms with Gasteiger partial charge in [-0.05, 0) is 24.0 Å². The number of piperidine rings is 1. The van der Waals surface area contributed by atoms with E-state index in [1.807, 2.05) is 24.3 Å². The number of para-hydroxylation sites is 1. The Bertz CT molecular complexity index is 519. The van der Waals surface area contributed by atoms with Crippen LogP contribution in [-0.4, -0.2) is 13.1 Å². The van der Waals surface area contributed by atoms with Crippen LogP contribution in [0.2, 0.25) is 0 Å². The second kappa shape index (κ2) is 4.70. The van der Waals surface area contributed by atoms with Gasteiger partial charge in [-0.15, -0.1) is 0 Å². The van der Waals surface area contributed by atoms with Crippen molar-refractivity contribution in [3.63, 3.8) is 0 Å². The molecule has 0 aliphatic carbocycles. The second-order valence-electron chi connectivity index (χ2n) is 5.51. The molecular weight excluding hydrogens is 222 g/mol. The Labute approximate surface area is 108 Å². The van der Waals surface area contributed by atoms with Crippen molar-refractivity contribution in [3.05, 3.63) is 29.8 Å². The Hall–Kier alpha value is -2.00. The molecule has 3 heteroatoms. The third-order valence-corrected chi connectivity index (χ3v) is 3.75. The van der Waals surface area contributed by atoms with E-state index in [9.17, 15) is 0 Å². The summed E-state index contributed by atoms with van der Waals surface area (Å²) in [7, 11) is 0. The number of hydrogen-bond acceptors (Lipinski definition) is 3. The van der Waals surface area contributed by atoms with Crippen molar-refractivity contribution in [1.29, 1.82) is 10.5 Å². The third-order valence-electron chi connectivity index (χ3n) is 3.75. The van der Waals surface area contributed by atoms with Crippen molar-refractivity contribution in [2.75, 3.05) is 18.0 Å². The van der Waals surface area contributed by atoms with E-state index in [1.54, 1.807) is 0 Å². The first-order chi connectivity index (χ1) is 8.58. The molecule has 18 heavy (non-hydrogen) atoms. The summed E-state index contributed by atoms with van der Waals surface area (Å²) >= 11 is 0. The van der Waals surface area contributed by atoms with E-state index >= 15 is 0 Å². The molecule has 0 N–H and O–H groups in total. The molecule has 1 aliphatic rings. The first kappa shape index (κ1) is 12.5. The fourth-order valence-corrected chi connectivity index (χ4v) is 2.65. The van der Waals surface area contributed by atoms with E-state index < -0.39 is 0 Å². The normalized spacial score (nSPS) is 22.0. The molecule has 1 heterocycles. The van der Waals surface area contributed by atoms with Gasteiger partial charge in [-0.25, -0.2) is 0 Å². The molecule has 1 unspecified atom stereocenters. The van der Waals surface area contributed by atoms with Gasteiger partial charge in [0, 0.05) is 13.1 Å². The minimum absolute atomic E-state index is 0.0322. The number of hydrogen-bond donors (Lipinski definition) is 0. The quantitative estimate of drug-likeness (QED) is 0.757. The van der Waals surface area contributed by atoms with Crippen LogP contribution in [0.3, 0.4) is 0 Å². The highest BCUT2D eigenvalue weighted by Crippen LogP contribution is 2.37. The summed E-state index contributed by atoms with van der Waals surface area (Å²) in [5.41, 5.74) is 1.67. The van der Waals surface area contributed by atoms with Crippen molar-refractivity contribution in [2.45, 2.75) is 20.3 Å². The van der Waals surface area contributed by atoms with Crippen molar-refractivity contribution < 1.29 is 0 Å². The van der Waals surface area contributed by atoms with Crippen LogP contribution in [0.5, 0.6) is 0 Å². The minimum atomic E-state index is -0.0322. The van der Waals surface area contributed by atoms with Crippen molar-refractivity contribution in [3.8, 4) is 12.1 Å². The number of anilines is 1. The average Bonchev–Trinajstić information content (AvgIpc) is 2.37. The minimum Gasteiger partial charge on any atom is -0.370 e.